The van der Waals surface area contributed by atoms with Gasteiger partial charge in [-0.15, -0.1) is 0 Å². The number of phosphoric ester groups is 1. The first-order chi connectivity index (χ1) is 20.1. The predicted octanol–water partition coefficient (Wildman–Crippen LogP) is 6.60. The zero-order valence-corrected chi connectivity index (χ0v) is 26.7. The van der Waals surface area contributed by atoms with Crippen LogP contribution in [0.5, 0.6) is 0 Å². The number of allylic oxidation sites excluding steroid dienone is 2. The summed E-state index contributed by atoms with van der Waals surface area (Å²) in [5.41, 5.74) is 5.28. The van der Waals surface area contributed by atoms with Crippen LogP contribution in [0.25, 0.3) is 0 Å². The Morgan fingerprint density at radius 3 is 1.81 bits per heavy atom. The highest BCUT2D eigenvalue weighted by Gasteiger charge is 2.28. The van der Waals surface area contributed by atoms with E-state index in [1.165, 1.54) is 32.1 Å². The van der Waals surface area contributed by atoms with Gasteiger partial charge in [-0.3, -0.25) is 23.4 Å². The van der Waals surface area contributed by atoms with E-state index < -0.39 is 51.1 Å². The Labute approximate surface area is 252 Å². The highest BCUT2D eigenvalue weighted by atomic mass is 31.2. The van der Waals surface area contributed by atoms with E-state index in [0.29, 0.717) is 12.8 Å². The van der Waals surface area contributed by atoms with E-state index in [1.807, 2.05) is 0 Å². The minimum Gasteiger partial charge on any atom is -0.480 e. The molecule has 42 heavy (non-hydrogen) atoms. The van der Waals surface area contributed by atoms with Crippen molar-refractivity contribution in [1.82, 2.24) is 0 Å². The highest BCUT2D eigenvalue weighted by Crippen LogP contribution is 2.43. The van der Waals surface area contributed by atoms with Crippen LogP contribution in [-0.2, 0) is 37.5 Å². The Morgan fingerprint density at radius 1 is 0.714 bits per heavy atom. The van der Waals surface area contributed by atoms with Crippen molar-refractivity contribution in [3.05, 3.63) is 12.2 Å². The Hall–Kier alpha value is -1.78. The standard InChI is InChI=1S/C30H56NO10P/c1-3-5-7-9-11-12-13-14-16-18-20-22-29(33)41-26(24-39-42(36,37)40-25-27(31)30(34)35)23-38-28(32)21-19-17-15-10-8-6-4-2/h9,11,26-27H,3-8,10,12-25,31H2,1-2H3,(H,34,35)(H,36,37)/b11-9+/t26-,27+/m1/s1. The van der Waals surface area contributed by atoms with Gasteiger partial charge >= 0.3 is 25.7 Å². The van der Waals surface area contributed by atoms with Gasteiger partial charge in [-0.25, -0.2) is 4.57 Å². The molecular weight excluding hydrogens is 565 g/mol. The largest absolute Gasteiger partial charge is 0.480 e. The second-order valence-electron chi connectivity index (χ2n) is 10.6. The van der Waals surface area contributed by atoms with E-state index in [9.17, 15) is 23.8 Å². The summed E-state index contributed by atoms with van der Waals surface area (Å²) in [4.78, 5) is 45.3. The second-order valence-corrected chi connectivity index (χ2v) is 12.0. The number of carboxylic acid groups (broad SMARTS) is 1. The van der Waals surface area contributed by atoms with E-state index in [2.05, 4.69) is 30.5 Å². The van der Waals surface area contributed by atoms with Gasteiger partial charge in [-0.2, -0.15) is 0 Å². The molecule has 0 aromatic carbocycles. The van der Waals surface area contributed by atoms with Crippen molar-refractivity contribution in [3.63, 3.8) is 0 Å². The lowest BCUT2D eigenvalue weighted by Gasteiger charge is -2.20. The van der Waals surface area contributed by atoms with E-state index in [1.54, 1.807) is 0 Å². The molecule has 0 aliphatic carbocycles. The molecule has 0 aliphatic rings. The van der Waals surface area contributed by atoms with Crippen molar-refractivity contribution in [2.75, 3.05) is 19.8 Å². The van der Waals surface area contributed by atoms with Crippen molar-refractivity contribution < 1.29 is 47.5 Å². The lowest BCUT2D eigenvalue weighted by Crippen LogP contribution is -2.34. The summed E-state index contributed by atoms with van der Waals surface area (Å²) >= 11 is 0. The van der Waals surface area contributed by atoms with Crippen molar-refractivity contribution in [2.24, 2.45) is 5.73 Å². The van der Waals surface area contributed by atoms with Crippen LogP contribution in [0.2, 0.25) is 0 Å². The van der Waals surface area contributed by atoms with Crippen LogP contribution < -0.4 is 5.73 Å². The summed E-state index contributed by atoms with van der Waals surface area (Å²) in [5.74, 6) is -2.40. The first-order valence-electron chi connectivity index (χ1n) is 15.7. The minimum absolute atomic E-state index is 0.153. The number of hydrogen-bond donors (Lipinski definition) is 3. The van der Waals surface area contributed by atoms with Crippen LogP contribution in [0.15, 0.2) is 12.2 Å². The van der Waals surface area contributed by atoms with Gasteiger partial charge in [-0.05, 0) is 32.1 Å². The number of aliphatic carboxylic acids is 1. The molecule has 0 rings (SSSR count). The molecule has 0 fully saturated rings. The Morgan fingerprint density at radius 2 is 1.21 bits per heavy atom. The number of hydrogen-bond acceptors (Lipinski definition) is 9. The summed E-state index contributed by atoms with van der Waals surface area (Å²) in [6, 6.07) is -1.52. The van der Waals surface area contributed by atoms with Crippen molar-refractivity contribution >= 4 is 25.7 Å². The van der Waals surface area contributed by atoms with E-state index in [0.717, 1.165) is 57.8 Å². The zero-order valence-electron chi connectivity index (χ0n) is 25.8. The molecule has 0 spiro atoms. The third kappa shape index (κ3) is 25.9. The first kappa shape index (κ1) is 40.2. The number of rotatable bonds is 29. The van der Waals surface area contributed by atoms with Crippen LogP contribution in [0.3, 0.4) is 0 Å². The van der Waals surface area contributed by atoms with Gasteiger partial charge in [0.25, 0.3) is 0 Å². The van der Waals surface area contributed by atoms with Gasteiger partial charge in [0.2, 0.25) is 0 Å². The highest BCUT2D eigenvalue weighted by molar-refractivity contribution is 7.47. The van der Waals surface area contributed by atoms with Gasteiger partial charge < -0.3 is 25.2 Å². The molecule has 0 amide bonds. The fourth-order valence-electron chi connectivity index (χ4n) is 3.93. The number of nitrogens with two attached hydrogens (primary N) is 1. The molecule has 3 atom stereocenters. The average molecular weight is 622 g/mol. The number of carboxylic acids is 1. The molecule has 246 valence electrons. The zero-order chi connectivity index (χ0) is 31.5. The maximum absolute atomic E-state index is 12.4. The molecule has 0 heterocycles. The average Bonchev–Trinajstić information content (AvgIpc) is 2.95. The molecule has 0 saturated carbocycles. The van der Waals surface area contributed by atoms with Gasteiger partial charge in [0.1, 0.15) is 12.6 Å². The van der Waals surface area contributed by atoms with Gasteiger partial charge in [-0.1, -0.05) is 96.6 Å². The number of unbranched alkanes of at least 4 members (excludes halogenated alkanes) is 13. The molecule has 0 radical (unpaired) electrons. The Kier molecular flexibility index (Phi) is 25.7. The maximum atomic E-state index is 12.4. The van der Waals surface area contributed by atoms with Crippen LogP contribution in [0, 0.1) is 0 Å². The number of phosphoric acid groups is 1. The molecule has 11 nitrogen and oxygen atoms in total. The summed E-state index contributed by atoms with van der Waals surface area (Å²) in [6.07, 6.45) is 20.4. The molecule has 0 saturated heterocycles. The normalized spacial score (nSPS) is 14.4. The van der Waals surface area contributed by atoms with Crippen LogP contribution >= 0.6 is 7.82 Å². The van der Waals surface area contributed by atoms with E-state index in [-0.39, 0.29) is 19.4 Å². The van der Waals surface area contributed by atoms with Gasteiger partial charge in [0.05, 0.1) is 13.2 Å². The minimum atomic E-state index is -4.69. The SMILES string of the molecule is CCCC/C=C/CCCCCCCC(=O)O[C@H](COC(=O)CCCCCCCCC)COP(=O)(O)OC[C@H](N)C(=O)O. The molecule has 12 heteroatoms. The van der Waals surface area contributed by atoms with Crippen molar-refractivity contribution in [3.8, 4) is 0 Å². The van der Waals surface area contributed by atoms with E-state index in [4.69, 9.17) is 24.8 Å². The topological polar surface area (TPSA) is 172 Å². The number of carbonyl (C=O) groups excluding carboxylic acids is 2. The molecule has 0 aromatic heterocycles. The number of carbonyl (C=O) groups is 3. The quantitative estimate of drug-likeness (QED) is 0.0355. The number of ether oxygens (including phenoxy) is 2. The Bertz CT molecular complexity index is 792. The molecule has 4 N–H and O–H groups in total. The van der Waals surface area contributed by atoms with Crippen LogP contribution in [0.1, 0.15) is 129 Å². The summed E-state index contributed by atoms with van der Waals surface area (Å²) in [7, 11) is -4.69. The fraction of sp³-hybridized carbons (Fsp3) is 0.833. The smallest absolute Gasteiger partial charge is 0.472 e. The predicted molar refractivity (Wildman–Crippen MR) is 162 cm³/mol. The summed E-state index contributed by atoms with van der Waals surface area (Å²) < 4.78 is 32.2. The van der Waals surface area contributed by atoms with Crippen molar-refractivity contribution in [1.29, 1.82) is 0 Å². The third-order valence-electron chi connectivity index (χ3n) is 6.51. The molecule has 0 bridgehead atoms. The first-order valence-corrected chi connectivity index (χ1v) is 17.2. The number of esters is 2. The van der Waals surface area contributed by atoms with Crippen LogP contribution in [0.4, 0.5) is 0 Å². The monoisotopic (exact) mass is 621 g/mol. The van der Waals surface area contributed by atoms with E-state index >= 15 is 0 Å². The van der Waals surface area contributed by atoms with Gasteiger partial charge in [0, 0.05) is 12.8 Å². The molecular formula is C30H56NO10P. The lowest BCUT2D eigenvalue weighted by molar-refractivity contribution is -0.161. The maximum Gasteiger partial charge on any atom is 0.472 e. The molecule has 1 unspecified atom stereocenters. The van der Waals surface area contributed by atoms with Crippen molar-refractivity contribution in [2.45, 2.75) is 142 Å². The third-order valence-corrected chi connectivity index (χ3v) is 7.46. The molecule has 0 aromatic rings. The van der Waals surface area contributed by atoms with Crippen LogP contribution in [-0.4, -0.2) is 59.9 Å². The van der Waals surface area contributed by atoms with Gasteiger partial charge in [0.15, 0.2) is 6.10 Å². The Balaban J connectivity index is 4.56. The summed E-state index contributed by atoms with van der Waals surface area (Å²) in [5, 5.41) is 8.80. The molecule has 0 aliphatic heterocycles. The fourth-order valence-corrected chi connectivity index (χ4v) is 4.70. The second kappa shape index (κ2) is 26.8. The lowest BCUT2D eigenvalue weighted by atomic mass is 10.1. The summed E-state index contributed by atoms with van der Waals surface area (Å²) in [6.45, 7) is 2.65.